The first kappa shape index (κ1) is 34.3. The van der Waals surface area contributed by atoms with Crippen LogP contribution < -0.4 is 11.1 Å². The molecule has 2 N–H and O–H groups in total. The molecular weight excluding hydrogens is 567 g/mol. The van der Waals surface area contributed by atoms with E-state index >= 15 is 0 Å². The van der Waals surface area contributed by atoms with Crippen LogP contribution >= 0.6 is 0 Å². The van der Waals surface area contributed by atoms with Crippen LogP contribution in [0.25, 0.3) is 5.70 Å². The largest absolute Gasteiger partial charge is 0.491 e. The molecule has 0 bridgehead atoms. The van der Waals surface area contributed by atoms with Gasteiger partial charge in [-0.05, 0) is 30.9 Å². The van der Waals surface area contributed by atoms with Crippen molar-refractivity contribution >= 4 is 18.1 Å². The van der Waals surface area contributed by atoms with Crippen LogP contribution in [0.3, 0.4) is 0 Å². The maximum Gasteiger partial charge on any atom is 0.350 e. The lowest BCUT2D eigenvalue weighted by Crippen LogP contribution is -2.29. The summed E-state index contributed by atoms with van der Waals surface area (Å²) in [5.74, 6) is 0.0781. The Balaban J connectivity index is 1.38. The lowest BCUT2D eigenvalue weighted by molar-refractivity contribution is -0.0636. The summed E-state index contributed by atoms with van der Waals surface area (Å²) in [7, 11) is 3.62. The number of hydrazone groups is 1. The zero-order valence-electron chi connectivity index (χ0n) is 25.8. The molecule has 2 aliphatic rings. The normalized spacial score (nSPS) is 19.0. The molecule has 1 saturated heterocycles. The van der Waals surface area contributed by atoms with E-state index in [-0.39, 0.29) is 29.9 Å². The average Bonchev–Trinajstić information content (AvgIpc) is 3.77. The van der Waals surface area contributed by atoms with Crippen LogP contribution in [0.1, 0.15) is 25.7 Å². The van der Waals surface area contributed by atoms with E-state index in [1.54, 1.807) is 24.1 Å². The Morgan fingerprint density at radius 1 is 1.23 bits per heavy atom. The third-order valence-electron chi connectivity index (χ3n) is 7.47. The molecule has 1 aromatic rings. The lowest BCUT2D eigenvalue weighted by atomic mass is 10.1. The fraction of sp³-hybridized carbons (Fsp3) is 0.484. The van der Waals surface area contributed by atoms with E-state index in [1.807, 2.05) is 11.9 Å². The number of nitrogens with one attached hydrogen (secondary N) is 2. The first-order valence-electron chi connectivity index (χ1n) is 14.6. The highest BCUT2D eigenvalue weighted by Crippen LogP contribution is 2.25. The summed E-state index contributed by atoms with van der Waals surface area (Å²) >= 11 is 0. The van der Waals surface area contributed by atoms with Gasteiger partial charge in [-0.2, -0.15) is 10.2 Å². The third kappa shape index (κ3) is 10.5. The molecule has 2 atom stereocenters. The van der Waals surface area contributed by atoms with E-state index in [9.17, 15) is 9.18 Å². The summed E-state index contributed by atoms with van der Waals surface area (Å²) in [4.78, 5) is 16.4. The quantitative estimate of drug-likeness (QED) is 0.105. The number of likely N-dealkylation sites (N-methyl/N-ethyl adjacent to an activating group) is 2. The molecule has 1 saturated carbocycles. The smallest absolute Gasteiger partial charge is 0.350 e. The summed E-state index contributed by atoms with van der Waals surface area (Å²) in [6.07, 6.45) is 12.4. The van der Waals surface area contributed by atoms with Crippen molar-refractivity contribution in [3.8, 4) is 0 Å². The Hall–Kier alpha value is -4.23. The van der Waals surface area contributed by atoms with Crippen LogP contribution in [0.2, 0.25) is 0 Å². The fourth-order valence-electron chi connectivity index (χ4n) is 4.64. The molecule has 2 fully saturated rings. The Bertz CT molecular complexity index is 1320. The predicted octanol–water partition coefficient (Wildman–Crippen LogP) is 3.50. The van der Waals surface area contributed by atoms with Crippen molar-refractivity contribution in [1.82, 2.24) is 29.6 Å². The number of halogens is 1. The number of ether oxygens (including phenoxy) is 3. The topological polar surface area (TPSA) is 122 Å². The van der Waals surface area contributed by atoms with Gasteiger partial charge in [-0.25, -0.2) is 13.9 Å². The van der Waals surface area contributed by atoms with Crippen molar-refractivity contribution in [2.24, 2.45) is 11.0 Å². The van der Waals surface area contributed by atoms with Crippen molar-refractivity contribution in [3.63, 3.8) is 0 Å². The van der Waals surface area contributed by atoms with Gasteiger partial charge in [-0.3, -0.25) is 4.57 Å². The molecule has 0 amide bonds. The van der Waals surface area contributed by atoms with E-state index in [2.05, 4.69) is 41.9 Å². The molecule has 13 heteroatoms. The minimum atomic E-state index is -0.566. The first-order chi connectivity index (χ1) is 21.1. The molecule has 1 aromatic heterocycles. The summed E-state index contributed by atoms with van der Waals surface area (Å²) in [6.45, 7) is 18.2. The van der Waals surface area contributed by atoms with Gasteiger partial charge in [0, 0.05) is 57.4 Å². The molecule has 240 valence electrons. The molecule has 0 aromatic carbocycles. The van der Waals surface area contributed by atoms with Crippen LogP contribution in [0, 0.1) is 11.3 Å². The molecule has 0 spiro atoms. The highest BCUT2D eigenvalue weighted by Gasteiger charge is 2.26. The summed E-state index contributed by atoms with van der Waals surface area (Å²) in [5.41, 5.74) is 3.91. The van der Waals surface area contributed by atoms with Crippen molar-refractivity contribution < 1.29 is 18.6 Å². The second-order valence-electron chi connectivity index (χ2n) is 10.8. The van der Waals surface area contributed by atoms with E-state index < -0.39 is 12.1 Å². The third-order valence-corrected chi connectivity index (χ3v) is 7.47. The Kier molecular flexibility index (Phi) is 13.4. The van der Waals surface area contributed by atoms with Gasteiger partial charge in [0.2, 0.25) is 0 Å². The molecule has 12 nitrogen and oxygen atoms in total. The van der Waals surface area contributed by atoms with Crippen molar-refractivity contribution in [1.29, 1.82) is 5.41 Å². The first-order valence-corrected chi connectivity index (χ1v) is 14.6. The second kappa shape index (κ2) is 17.2. The van der Waals surface area contributed by atoms with Crippen LogP contribution in [-0.4, -0.2) is 95.9 Å². The standard InChI is InChI=1S/C31H45FN8O4/c1-23(11-12-24(2)39-22-36-40(31(39)41)19-27-9-7-8-10-27)37(5)15-16-38(6)26(4)29(32)17-25(3)42-20-28-21-43-30(44-28)18-35-34-14-13-33/h11-14,17,22,27-28,30,33,35H,1-4,7-10,15-16,18-21H2,5-6H3/b12-11-,29-17+,33-13?,34-14-. The van der Waals surface area contributed by atoms with E-state index in [0.29, 0.717) is 50.1 Å². The average molecular weight is 613 g/mol. The minimum absolute atomic E-state index is 0.136. The van der Waals surface area contributed by atoms with Gasteiger partial charge in [-0.1, -0.05) is 39.2 Å². The molecule has 1 aliphatic carbocycles. The van der Waals surface area contributed by atoms with Crippen LogP contribution in [-0.2, 0) is 20.8 Å². The van der Waals surface area contributed by atoms with Gasteiger partial charge in [0.05, 0.1) is 25.1 Å². The molecule has 2 unspecified atom stereocenters. The summed E-state index contributed by atoms with van der Waals surface area (Å²) in [5, 5.41) is 14.9. The van der Waals surface area contributed by atoms with E-state index in [4.69, 9.17) is 19.6 Å². The molecular formula is C31H45FN8O4. The van der Waals surface area contributed by atoms with Gasteiger partial charge in [0.1, 0.15) is 30.6 Å². The Morgan fingerprint density at radius 2 is 1.95 bits per heavy atom. The van der Waals surface area contributed by atoms with Crippen molar-refractivity contribution in [3.05, 3.63) is 84.3 Å². The number of rotatable bonds is 19. The summed E-state index contributed by atoms with van der Waals surface area (Å²) in [6, 6.07) is 0. The van der Waals surface area contributed by atoms with Gasteiger partial charge in [-0.15, -0.1) is 0 Å². The second-order valence-corrected chi connectivity index (χ2v) is 10.8. The molecule has 1 aliphatic heterocycles. The van der Waals surface area contributed by atoms with Crippen LogP contribution in [0.5, 0.6) is 0 Å². The minimum Gasteiger partial charge on any atom is -0.491 e. The number of aromatic nitrogens is 3. The predicted molar refractivity (Wildman–Crippen MR) is 171 cm³/mol. The van der Waals surface area contributed by atoms with Crippen LogP contribution in [0.4, 0.5) is 4.39 Å². The van der Waals surface area contributed by atoms with Gasteiger partial charge in [0.15, 0.2) is 6.29 Å². The monoisotopic (exact) mass is 612 g/mol. The highest BCUT2D eigenvalue weighted by molar-refractivity contribution is 6.14. The van der Waals surface area contributed by atoms with Crippen molar-refractivity contribution in [2.45, 2.75) is 44.6 Å². The maximum atomic E-state index is 14.9. The van der Waals surface area contributed by atoms with Crippen LogP contribution in [0.15, 0.2) is 83.7 Å². The maximum absolute atomic E-state index is 14.9. The van der Waals surface area contributed by atoms with Gasteiger partial charge < -0.3 is 34.8 Å². The molecule has 0 radical (unpaired) electrons. The number of hydrogen-bond acceptors (Lipinski definition) is 10. The number of hydrogen-bond donors (Lipinski definition) is 2. The van der Waals surface area contributed by atoms with E-state index in [0.717, 1.165) is 19.1 Å². The highest BCUT2D eigenvalue weighted by atomic mass is 19.1. The summed E-state index contributed by atoms with van der Waals surface area (Å²) < 4.78 is 34.5. The number of allylic oxidation sites excluding steroid dienone is 5. The van der Waals surface area contributed by atoms with Gasteiger partial charge >= 0.3 is 5.69 Å². The molecule has 44 heavy (non-hydrogen) atoms. The van der Waals surface area contributed by atoms with E-state index in [1.165, 1.54) is 40.7 Å². The molecule has 3 rings (SSSR count). The lowest BCUT2D eigenvalue weighted by Gasteiger charge is -2.26. The zero-order chi connectivity index (χ0) is 32.1. The molecule has 2 heterocycles. The zero-order valence-corrected chi connectivity index (χ0v) is 25.8. The fourth-order valence-corrected chi connectivity index (χ4v) is 4.64. The Labute approximate surface area is 258 Å². The Morgan fingerprint density at radius 3 is 2.68 bits per heavy atom. The SMILES string of the molecule is C=C(/C=C(/F)C(=C)N(C)CCN(C)C(=C)/C=C\C(=C)n1cnn(CC2CCCC2)c1=O)OCC1COC(CN/N=C\C=N)O1. The van der Waals surface area contributed by atoms with Gasteiger partial charge in [0.25, 0.3) is 0 Å². The van der Waals surface area contributed by atoms with Crippen molar-refractivity contribution in [2.75, 3.05) is 46.9 Å². The number of nitrogens with zero attached hydrogens (tertiary/aromatic N) is 6.